The van der Waals surface area contributed by atoms with Gasteiger partial charge in [0, 0.05) is 17.9 Å². The Labute approximate surface area is 92.3 Å². The maximum absolute atomic E-state index is 8.95. The van der Waals surface area contributed by atoms with Crippen LogP contribution in [0.5, 0.6) is 0 Å². The number of nitriles is 1. The second kappa shape index (κ2) is 4.19. The summed E-state index contributed by atoms with van der Waals surface area (Å²) in [4.78, 5) is 0. The second-order valence-electron chi connectivity index (χ2n) is 3.22. The van der Waals surface area contributed by atoms with Crippen molar-refractivity contribution in [3.05, 3.63) is 42.2 Å². The van der Waals surface area contributed by atoms with E-state index in [0.29, 0.717) is 11.3 Å². The molecule has 0 spiro atoms. The number of nitrogens with zero attached hydrogens (tertiary/aromatic N) is 3. The Morgan fingerprint density at radius 2 is 2.06 bits per heavy atom. The summed E-state index contributed by atoms with van der Waals surface area (Å²) in [5.41, 5.74) is 1.37. The normalized spacial score (nSPS) is 9.81. The molecule has 78 valence electrons. The van der Waals surface area contributed by atoms with Crippen molar-refractivity contribution in [1.29, 1.82) is 5.26 Å². The van der Waals surface area contributed by atoms with Gasteiger partial charge in [-0.25, -0.2) is 4.68 Å². The van der Waals surface area contributed by atoms with Crippen LogP contribution in [-0.2, 0) is 0 Å². The standard InChI is InChI=1S/C10H8BN3O2/c12-5-8-3-1-2-4-10(8)14-7-9(6-13-14)11(15)16/h1-4,6-7,15-16H. The van der Waals surface area contributed by atoms with Gasteiger partial charge >= 0.3 is 7.12 Å². The zero-order valence-corrected chi connectivity index (χ0v) is 8.28. The summed E-state index contributed by atoms with van der Waals surface area (Å²) in [6.45, 7) is 0. The van der Waals surface area contributed by atoms with Crippen molar-refractivity contribution in [1.82, 2.24) is 9.78 Å². The number of aromatic nitrogens is 2. The van der Waals surface area contributed by atoms with Crippen LogP contribution in [0.3, 0.4) is 0 Å². The third kappa shape index (κ3) is 1.82. The molecule has 0 aliphatic heterocycles. The van der Waals surface area contributed by atoms with Gasteiger partial charge < -0.3 is 10.0 Å². The van der Waals surface area contributed by atoms with E-state index >= 15 is 0 Å². The summed E-state index contributed by atoms with van der Waals surface area (Å²) in [7, 11) is -1.55. The van der Waals surface area contributed by atoms with Crippen LogP contribution in [-0.4, -0.2) is 26.9 Å². The van der Waals surface area contributed by atoms with Gasteiger partial charge in [-0.15, -0.1) is 0 Å². The number of hydrogen-bond acceptors (Lipinski definition) is 4. The molecule has 1 heterocycles. The molecule has 0 atom stereocenters. The molecule has 0 aliphatic rings. The molecular formula is C10H8BN3O2. The first-order valence-electron chi connectivity index (χ1n) is 4.62. The Morgan fingerprint density at radius 1 is 1.31 bits per heavy atom. The minimum Gasteiger partial charge on any atom is -0.423 e. The van der Waals surface area contributed by atoms with Crippen LogP contribution in [0.2, 0.25) is 0 Å². The Hall–Kier alpha value is -2.10. The molecule has 6 heteroatoms. The topological polar surface area (TPSA) is 82.1 Å². The van der Waals surface area contributed by atoms with Crippen LogP contribution in [0.4, 0.5) is 0 Å². The molecule has 0 aliphatic carbocycles. The number of benzene rings is 1. The van der Waals surface area contributed by atoms with Crippen LogP contribution >= 0.6 is 0 Å². The summed E-state index contributed by atoms with van der Waals surface area (Å²) in [6, 6.07) is 9.00. The lowest BCUT2D eigenvalue weighted by Gasteiger charge is -2.02. The van der Waals surface area contributed by atoms with Crippen molar-refractivity contribution in [2.75, 3.05) is 0 Å². The summed E-state index contributed by atoms with van der Waals surface area (Å²) in [5, 5.41) is 30.8. The number of rotatable bonds is 2. The fourth-order valence-electron chi connectivity index (χ4n) is 1.37. The lowest BCUT2D eigenvalue weighted by molar-refractivity contribution is 0.426. The van der Waals surface area contributed by atoms with Crippen molar-refractivity contribution >= 4 is 12.6 Å². The fraction of sp³-hybridized carbons (Fsp3) is 0. The first-order chi connectivity index (χ1) is 7.72. The third-order valence-corrected chi connectivity index (χ3v) is 2.17. The summed E-state index contributed by atoms with van der Waals surface area (Å²) < 4.78 is 1.44. The van der Waals surface area contributed by atoms with E-state index in [0.717, 1.165) is 0 Å². The molecule has 0 bridgehead atoms. The van der Waals surface area contributed by atoms with E-state index < -0.39 is 7.12 Å². The van der Waals surface area contributed by atoms with Crippen molar-refractivity contribution < 1.29 is 10.0 Å². The van der Waals surface area contributed by atoms with E-state index in [1.165, 1.54) is 17.1 Å². The van der Waals surface area contributed by atoms with E-state index in [1.807, 2.05) is 6.07 Å². The van der Waals surface area contributed by atoms with Gasteiger partial charge in [0.1, 0.15) is 6.07 Å². The molecular weight excluding hydrogens is 205 g/mol. The maximum atomic E-state index is 8.95. The van der Waals surface area contributed by atoms with Gasteiger partial charge in [-0.05, 0) is 12.1 Å². The largest absolute Gasteiger partial charge is 0.491 e. The molecule has 0 amide bonds. The molecule has 1 aromatic heterocycles. The molecule has 2 aromatic rings. The molecule has 0 unspecified atom stereocenters. The van der Waals surface area contributed by atoms with Gasteiger partial charge in [0.2, 0.25) is 0 Å². The Morgan fingerprint density at radius 3 is 2.69 bits per heavy atom. The van der Waals surface area contributed by atoms with Crippen LogP contribution in [0.25, 0.3) is 5.69 Å². The molecule has 2 N–H and O–H groups in total. The average Bonchev–Trinajstić information content (AvgIpc) is 2.78. The van der Waals surface area contributed by atoms with E-state index in [4.69, 9.17) is 15.3 Å². The fourth-order valence-corrected chi connectivity index (χ4v) is 1.37. The van der Waals surface area contributed by atoms with Gasteiger partial charge in [-0.3, -0.25) is 0 Å². The Bertz CT molecular complexity index is 545. The van der Waals surface area contributed by atoms with Crippen molar-refractivity contribution in [2.24, 2.45) is 0 Å². The predicted octanol–water partition coefficient (Wildman–Crippen LogP) is -0.576. The zero-order valence-electron chi connectivity index (χ0n) is 8.28. The highest BCUT2D eigenvalue weighted by atomic mass is 16.4. The van der Waals surface area contributed by atoms with Gasteiger partial charge in [0.15, 0.2) is 0 Å². The Kier molecular flexibility index (Phi) is 2.73. The van der Waals surface area contributed by atoms with E-state index in [2.05, 4.69) is 5.10 Å². The molecule has 1 aromatic carbocycles. The second-order valence-corrected chi connectivity index (χ2v) is 3.22. The smallest absolute Gasteiger partial charge is 0.423 e. The molecule has 5 nitrogen and oxygen atoms in total. The van der Waals surface area contributed by atoms with Gasteiger partial charge in [-0.2, -0.15) is 10.4 Å². The number of hydrogen-bond donors (Lipinski definition) is 2. The minimum atomic E-state index is -1.55. The van der Waals surface area contributed by atoms with Crippen LogP contribution < -0.4 is 5.46 Å². The summed E-state index contributed by atoms with van der Waals surface area (Å²) >= 11 is 0. The maximum Gasteiger partial charge on any atom is 0.491 e. The van der Waals surface area contributed by atoms with Crippen LogP contribution in [0.15, 0.2) is 36.7 Å². The van der Waals surface area contributed by atoms with E-state index in [1.54, 1.807) is 24.3 Å². The third-order valence-electron chi connectivity index (χ3n) is 2.17. The van der Waals surface area contributed by atoms with E-state index in [9.17, 15) is 0 Å². The van der Waals surface area contributed by atoms with Gasteiger partial charge in [-0.1, -0.05) is 12.1 Å². The zero-order chi connectivity index (χ0) is 11.5. The highest BCUT2D eigenvalue weighted by Crippen LogP contribution is 2.11. The van der Waals surface area contributed by atoms with E-state index in [-0.39, 0.29) is 5.46 Å². The predicted molar refractivity (Wildman–Crippen MR) is 58.1 cm³/mol. The lowest BCUT2D eigenvalue weighted by Crippen LogP contribution is -2.28. The quantitative estimate of drug-likeness (QED) is 0.654. The summed E-state index contributed by atoms with van der Waals surface area (Å²) in [6.07, 6.45) is 2.82. The molecule has 2 rings (SSSR count). The van der Waals surface area contributed by atoms with Crippen molar-refractivity contribution in [3.63, 3.8) is 0 Å². The summed E-state index contributed by atoms with van der Waals surface area (Å²) in [5.74, 6) is 0. The molecule has 0 saturated heterocycles. The highest BCUT2D eigenvalue weighted by molar-refractivity contribution is 6.58. The first-order valence-corrected chi connectivity index (χ1v) is 4.62. The SMILES string of the molecule is N#Cc1ccccc1-n1cc(B(O)O)cn1. The minimum absolute atomic E-state index is 0.285. The van der Waals surface area contributed by atoms with Crippen LogP contribution in [0, 0.1) is 11.3 Å². The number of para-hydroxylation sites is 1. The molecule has 0 saturated carbocycles. The van der Waals surface area contributed by atoms with Gasteiger partial charge in [0.25, 0.3) is 0 Å². The van der Waals surface area contributed by atoms with Crippen molar-refractivity contribution in [2.45, 2.75) is 0 Å². The molecule has 0 radical (unpaired) electrons. The highest BCUT2D eigenvalue weighted by Gasteiger charge is 2.14. The molecule has 16 heavy (non-hydrogen) atoms. The van der Waals surface area contributed by atoms with Gasteiger partial charge in [0.05, 0.1) is 11.3 Å². The Balaban J connectivity index is 2.47. The monoisotopic (exact) mass is 213 g/mol. The molecule has 0 fully saturated rings. The van der Waals surface area contributed by atoms with Crippen LogP contribution in [0.1, 0.15) is 5.56 Å². The van der Waals surface area contributed by atoms with Crippen molar-refractivity contribution in [3.8, 4) is 11.8 Å². The lowest BCUT2D eigenvalue weighted by atomic mass is 9.83. The average molecular weight is 213 g/mol. The first kappa shape index (κ1) is 10.4.